The van der Waals surface area contributed by atoms with Crippen molar-refractivity contribution in [1.82, 2.24) is 0 Å². The number of hydrogen-bond donors (Lipinski definition) is 2. The van der Waals surface area contributed by atoms with E-state index in [0.29, 0.717) is 22.3 Å². The summed E-state index contributed by atoms with van der Waals surface area (Å²) in [6, 6.07) is 8.92. The van der Waals surface area contributed by atoms with Crippen molar-refractivity contribution >= 4 is 11.7 Å². The van der Waals surface area contributed by atoms with Crippen molar-refractivity contribution in [1.29, 1.82) is 0 Å². The molecule has 0 aliphatic heterocycles. The lowest BCUT2D eigenvalue weighted by atomic mass is 9.92. The Morgan fingerprint density at radius 3 is 2.27 bits per heavy atom. The zero-order valence-corrected chi connectivity index (χ0v) is 12.2. The number of para-hydroxylation sites is 1. The molecular weight excluding hydrogens is 284 g/mol. The van der Waals surface area contributed by atoms with E-state index in [9.17, 15) is 20.0 Å². The molecule has 6 heteroatoms. The number of carboxylic acid groups (broad SMARTS) is 1. The Morgan fingerprint density at radius 2 is 1.77 bits per heavy atom. The Balaban J connectivity index is 2.54. The smallest absolute Gasteiger partial charge is 0.336 e. The number of nitro groups is 1. The molecule has 3 N–H and O–H groups in total. The molecule has 0 aromatic heterocycles. The van der Waals surface area contributed by atoms with E-state index in [1.54, 1.807) is 44.2 Å². The second-order valence-corrected chi connectivity index (χ2v) is 5.13. The summed E-state index contributed by atoms with van der Waals surface area (Å²) < 4.78 is 0. The molecule has 0 aliphatic rings. The second-order valence-electron chi connectivity index (χ2n) is 5.13. The zero-order chi connectivity index (χ0) is 16.4. The second kappa shape index (κ2) is 5.95. The Bertz CT molecular complexity index is 733. The highest BCUT2D eigenvalue weighted by Crippen LogP contribution is 2.30. The van der Waals surface area contributed by atoms with E-state index in [0.717, 1.165) is 0 Å². The summed E-state index contributed by atoms with van der Waals surface area (Å²) in [6.07, 6.45) is 0. The third-order valence-electron chi connectivity index (χ3n) is 3.60. The molecule has 0 bridgehead atoms. The summed E-state index contributed by atoms with van der Waals surface area (Å²) in [5.41, 5.74) is 8.56. The lowest BCUT2D eigenvalue weighted by Gasteiger charge is -2.16. The normalized spacial score (nSPS) is 12.0. The average Bonchev–Trinajstić information content (AvgIpc) is 2.45. The molecule has 0 fully saturated rings. The van der Waals surface area contributed by atoms with E-state index < -0.39 is 16.9 Å². The van der Waals surface area contributed by atoms with Crippen LogP contribution in [-0.2, 0) is 0 Å². The van der Waals surface area contributed by atoms with Gasteiger partial charge in [0.25, 0.3) is 5.69 Å². The van der Waals surface area contributed by atoms with Gasteiger partial charge in [-0.05, 0) is 30.5 Å². The molecule has 0 aliphatic carbocycles. The highest BCUT2D eigenvalue weighted by atomic mass is 16.6. The minimum atomic E-state index is -0.999. The van der Waals surface area contributed by atoms with Crippen molar-refractivity contribution in [3.8, 4) is 0 Å². The van der Waals surface area contributed by atoms with Gasteiger partial charge in [-0.15, -0.1) is 0 Å². The van der Waals surface area contributed by atoms with Crippen molar-refractivity contribution in [3.63, 3.8) is 0 Å². The maximum atomic E-state index is 11.2. The molecule has 0 saturated carbocycles. The topological polar surface area (TPSA) is 106 Å². The van der Waals surface area contributed by atoms with Gasteiger partial charge in [-0.25, -0.2) is 4.79 Å². The molecular formula is C16H16N2O4. The first-order chi connectivity index (χ1) is 10.3. The van der Waals surface area contributed by atoms with E-state index in [4.69, 9.17) is 5.73 Å². The molecule has 0 amide bonds. The summed E-state index contributed by atoms with van der Waals surface area (Å²) >= 11 is 0. The van der Waals surface area contributed by atoms with Crippen LogP contribution >= 0.6 is 0 Å². The van der Waals surface area contributed by atoms with E-state index in [2.05, 4.69) is 0 Å². The van der Waals surface area contributed by atoms with Gasteiger partial charge in [0.05, 0.1) is 22.1 Å². The summed E-state index contributed by atoms with van der Waals surface area (Å²) in [6.45, 7) is 3.37. The van der Waals surface area contributed by atoms with Crippen LogP contribution in [0.25, 0.3) is 0 Å². The van der Waals surface area contributed by atoms with Crippen molar-refractivity contribution < 1.29 is 14.8 Å². The molecule has 0 saturated heterocycles. The number of aryl methyl sites for hydroxylation is 2. The lowest BCUT2D eigenvalue weighted by molar-refractivity contribution is -0.385. The van der Waals surface area contributed by atoms with Crippen LogP contribution in [0.5, 0.6) is 0 Å². The SMILES string of the molecule is Cc1cc(C(N)c2ccccc2[N+](=O)[O-])cc(C)c1C(=O)O. The first-order valence-corrected chi connectivity index (χ1v) is 6.66. The molecule has 2 rings (SSSR count). The summed E-state index contributed by atoms with van der Waals surface area (Å²) in [5, 5.41) is 20.3. The maximum Gasteiger partial charge on any atom is 0.336 e. The monoisotopic (exact) mass is 300 g/mol. The van der Waals surface area contributed by atoms with Gasteiger partial charge in [0.1, 0.15) is 0 Å². The Labute approximate surface area is 127 Å². The number of nitrogens with two attached hydrogens (primary N) is 1. The summed E-state index contributed by atoms with van der Waals surface area (Å²) in [4.78, 5) is 21.9. The number of carbonyl (C=O) groups is 1. The highest BCUT2D eigenvalue weighted by molar-refractivity contribution is 5.91. The van der Waals surface area contributed by atoms with Gasteiger partial charge >= 0.3 is 5.97 Å². The van der Waals surface area contributed by atoms with E-state index in [-0.39, 0.29) is 11.3 Å². The number of nitro benzene ring substituents is 1. The number of nitrogens with zero attached hydrogens (tertiary/aromatic N) is 1. The van der Waals surface area contributed by atoms with Crippen LogP contribution in [0.3, 0.4) is 0 Å². The van der Waals surface area contributed by atoms with Gasteiger partial charge < -0.3 is 10.8 Å². The zero-order valence-electron chi connectivity index (χ0n) is 12.2. The largest absolute Gasteiger partial charge is 0.478 e. The van der Waals surface area contributed by atoms with Crippen LogP contribution in [-0.4, -0.2) is 16.0 Å². The van der Waals surface area contributed by atoms with Crippen LogP contribution in [0.15, 0.2) is 36.4 Å². The average molecular weight is 300 g/mol. The molecule has 1 unspecified atom stereocenters. The first-order valence-electron chi connectivity index (χ1n) is 6.66. The molecule has 2 aromatic rings. The Hall–Kier alpha value is -2.73. The van der Waals surface area contributed by atoms with E-state index in [1.807, 2.05) is 0 Å². The first kappa shape index (κ1) is 15.7. The maximum absolute atomic E-state index is 11.2. The number of aromatic carboxylic acids is 1. The number of rotatable bonds is 4. The fraction of sp³-hybridized carbons (Fsp3) is 0.188. The van der Waals surface area contributed by atoms with Gasteiger partial charge in [0, 0.05) is 6.07 Å². The molecule has 6 nitrogen and oxygen atoms in total. The summed E-state index contributed by atoms with van der Waals surface area (Å²) in [5.74, 6) is -0.999. The van der Waals surface area contributed by atoms with Crippen molar-refractivity contribution in [2.45, 2.75) is 19.9 Å². The van der Waals surface area contributed by atoms with Crippen LogP contribution < -0.4 is 5.73 Å². The standard InChI is InChI=1S/C16H16N2O4/c1-9-7-11(8-10(2)14(9)16(19)20)15(17)12-5-3-4-6-13(12)18(21)22/h3-8,15H,17H2,1-2H3,(H,19,20). The van der Waals surface area contributed by atoms with Crippen molar-refractivity contribution in [3.05, 3.63) is 74.3 Å². The molecule has 0 spiro atoms. The predicted molar refractivity (Wildman–Crippen MR) is 82.0 cm³/mol. The van der Waals surface area contributed by atoms with Gasteiger partial charge in [-0.2, -0.15) is 0 Å². The van der Waals surface area contributed by atoms with E-state index >= 15 is 0 Å². The van der Waals surface area contributed by atoms with Crippen molar-refractivity contribution in [2.24, 2.45) is 5.73 Å². The Kier molecular flexibility index (Phi) is 4.23. The fourth-order valence-electron chi connectivity index (χ4n) is 2.61. The molecule has 22 heavy (non-hydrogen) atoms. The molecule has 2 aromatic carbocycles. The van der Waals surface area contributed by atoms with Gasteiger partial charge in [0.15, 0.2) is 0 Å². The lowest BCUT2D eigenvalue weighted by Crippen LogP contribution is -2.15. The fourth-order valence-corrected chi connectivity index (χ4v) is 2.61. The van der Waals surface area contributed by atoms with Gasteiger partial charge in [0.2, 0.25) is 0 Å². The van der Waals surface area contributed by atoms with Gasteiger partial charge in [-0.3, -0.25) is 10.1 Å². The van der Waals surface area contributed by atoms with Crippen LogP contribution in [0.2, 0.25) is 0 Å². The van der Waals surface area contributed by atoms with Gasteiger partial charge in [-0.1, -0.05) is 30.3 Å². The Morgan fingerprint density at radius 1 is 1.23 bits per heavy atom. The molecule has 0 radical (unpaired) electrons. The van der Waals surface area contributed by atoms with Crippen molar-refractivity contribution in [2.75, 3.05) is 0 Å². The molecule has 0 heterocycles. The number of hydrogen-bond acceptors (Lipinski definition) is 4. The van der Waals surface area contributed by atoms with Crippen LogP contribution in [0, 0.1) is 24.0 Å². The quantitative estimate of drug-likeness (QED) is 0.667. The molecule has 114 valence electrons. The number of carboxylic acids is 1. The number of benzene rings is 2. The third-order valence-corrected chi connectivity index (χ3v) is 3.60. The highest BCUT2D eigenvalue weighted by Gasteiger charge is 2.22. The minimum Gasteiger partial charge on any atom is -0.478 e. The molecule has 1 atom stereocenters. The van der Waals surface area contributed by atoms with E-state index in [1.165, 1.54) is 6.07 Å². The minimum absolute atomic E-state index is 0.0485. The van der Waals surface area contributed by atoms with Crippen LogP contribution in [0.1, 0.15) is 38.7 Å². The predicted octanol–water partition coefficient (Wildman–Crippen LogP) is 2.96. The third kappa shape index (κ3) is 2.82. The van der Waals surface area contributed by atoms with Crippen LogP contribution in [0.4, 0.5) is 5.69 Å². The summed E-state index contributed by atoms with van der Waals surface area (Å²) in [7, 11) is 0.